The van der Waals surface area contributed by atoms with Crippen molar-refractivity contribution in [2.75, 3.05) is 0 Å². The molecular weight excluding hydrogens is 435 g/mol. The van der Waals surface area contributed by atoms with Gasteiger partial charge in [0, 0.05) is 5.56 Å². The first-order chi connectivity index (χ1) is 13.8. The van der Waals surface area contributed by atoms with E-state index in [4.69, 9.17) is 27.6 Å². The van der Waals surface area contributed by atoms with Crippen LogP contribution in [0.1, 0.15) is 34.6 Å². The molecule has 0 saturated carbocycles. The molecule has 9 heteroatoms. The molecule has 1 atom stereocenters. The second-order valence-electron chi connectivity index (χ2n) is 6.30. The van der Waals surface area contributed by atoms with E-state index in [0.29, 0.717) is 21.4 Å². The van der Waals surface area contributed by atoms with Crippen LogP contribution in [0.4, 0.5) is 0 Å². The maximum atomic E-state index is 12.5. The number of carbonyl (C=O) groups is 1. The summed E-state index contributed by atoms with van der Waals surface area (Å²) in [6.45, 7) is 1.85. The lowest BCUT2D eigenvalue weighted by Crippen LogP contribution is -2.27. The van der Waals surface area contributed by atoms with Crippen LogP contribution in [-0.2, 0) is 16.6 Å². The van der Waals surface area contributed by atoms with E-state index in [1.165, 1.54) is 30.5 Å². The Balaban J connectivity index is 1.65. The second-order valence-corrected chi connectivity index (χ2v) is 8.88. The number of hydrogen-bond acceptors (Lipinski definition) is 4. The van der Waals surface area contributed by atoms with Crippen LogP contribution < -0.4 is 10.0 Å². The highest BCUT2D eigenvalue weighted by Gasteiger charge is 2.17. The minimum atomic E-state index is -3.72. The van der Waals surface area contributed by atoms with Crippen molar-refractivity contribution in [2.45, 2.75) is 24.4 Å². The van der Waals surface area contributed by atoms with Crippen LogP contribution in [0.2, 0.25) is 10.0 Å². The molecule has 3 rings (SSSR count). The summed E-state index contributed by atoms with van der Waals surface area (Å²) in [5, 5.41) is 3.68. The Labute approximate surface area is 178 Å². The van der Waals surface area contributed by atoms with Crippen LogP contribution in [0.15, 0.2) is 70.2 Å². The third-order valence-electron chi connectivity index (χ3n) is 4.23. The Morgan fingerprint density at radius 3 is 2.41 bits per heavy atom. The molecule has 0 aliphatic heterocycles. The average Bonchev–Trinajstić information content (AvgIpc) is 3.22. The summed E-state index contributed by atoms with van der Waals surface area (Å²) in [6, 6.07) is 13.8. The molecule has 1 unspecified atom stereocenters. The zero-order valence-corrected chi connectivity index (χ0v) is 17.7. The summed E-state index contributed by atoms with van der Waals surface area (Å²) < 4.78 is 32.3. The van der Waals surface area contributed by atoms with E-state index in [0.717, 1.165) is 5.56 Å². The zero-order chi connectivity index (χ0) is 21.0. The molecule has 2 aromatic carbocycles. The van der Waals surface area contributed by atoms with Gasteiger partial charge in [-0.2, -0.15) is 0 Å². The van der Waals surface area contributed by atoms with Crippen LogP contribution in [0.25, 0.3) is 0 Å². The van der Waals surface area contributed by atoms with Crippen LogP contribution >= 0.6 is 23.2 Å². The molecule has 1 aromatic heterocycles. The Hall–Kier alpha value is -2.32. The monoisotopic (exact) mass is 452 g/mol. The van der Waals surface area contributed by atoms with Gasteiger partial charge in [0.05, 0.1) is 33.8 Å². The molecule has 29 heavy (non-hydrogen) atoms. The average molecular weight is 453 g/mol. The highest BCUT2D eigenvalue weighted by atomic mass is 35.5. The number of furan rings is 1. The molecule has 0 bridgehead atoms. The molecular formula is C20H18Cl2N2O4S. The number of nitrogens with one attached hydrogen (secondary N) is 2. The van der Waals surface area contributed by atoms with Gasteiger partial charge in [-0.15, -0.1) is 0 Å². The molecule has 6 nitrogen and oxygen atoms in total. The lowest BCUT2D eigenvalue weighted by molar-refractivity contribution is 0.0940. The van der Waals surface area contributed by atoms with Crippen molar-refractivity contribution in [3.05, 3.63) is 87.8 Å². The normalized spacial score (nSPS) is 12.5. The Morgan fingerprint density at radius 2 is 1.79 bits per heavy atom. The fraction of sp³-hybridized carbons (Fsp3) is 0.150. The van der Waals surface area contributed by atoms with Gasteiger partial charge in [0.25, 0.3) is 5.91 Å². The molecule has 2 N–H and O–H groups in total. The van der Waals surface area contributed by atoms with Gasteiger partial charge in [-0.25, -0.2) is 13.1 Å². The van der Waals surface area contributed by atoms with Crippen molar-refractivity contribution < 1.29 is 17.6 Å². The largest absolute Gasteiger partial charge is 0.468 e. The standard InChI is InChI=1S/C20H18Cl2N2O4S/c1-13(15-6-9-18(21)19(22)11-15)24-20(25)14-4-7-17(8-5-14)29(26,27)23-12-16-3-2-10-28-16/h2-11,13,23H,12H2,1H3,(H,24,25). The van der Waals surface area contributed by atoms with Crippen molar-refractivity contribution in [3.63, 3.8) is 0 Å². The van der Waals surface area contributed by atoms with E-state index in [2.05, 4.69) is 10.0 Å². The zero-order valence-electron chi connectivity index (χ0n) is 15.4. The number of halogens is 2. The molecule has 0 spiro atoms. The fourth-order valence-corrected chi connectivity index (χ4v) is 3.89. The van der Waals surface area contributed by atoms with Crippen molar-refractivity contribution in [3.8, 4) is 0 Å². The quantitative estimate of drug-likeness (QED) is 0.549. The number of rotatable bonds is 7. The maximum Gasteiger partial charge on any atom is 0.251 e. The van der Waals surface area contributed by atoms with Crippen LogP contribution in [0.5, 0.6) is 0 Å². The minimum absolute atomic E-state index is 0.0404. The summed E-state index contributed by atoms with van der Waals surface area (Å²) in [5.41, 5.74) is 1.14. The van der Waals surface area contributed by atoms with Gasteiger partial charge in [-0.1, -0.05) is 29.3 Å². The lowest BCUT2D eigenvalue weighted by atomic mass is 10.1. The summed E-state index contributed by atoms with van der Waals surface area (Å²) in [6.07, 6.45) is 1.47. The summed E-state index contributed by atoms with van der Waals surface area (Å²) in [5.74, 6) is 0.164. The molecule has 1 heterocycles. The molecule has 0 saturated heterocycles. The molecule has 1 amide bonds. The Kier molecular flexibility index (Phi) is 6.64. The molecule has 0 aliphatic carbocycles. The lowest BCUT2D eigenvalue weighted by Gasteiger charge is -2.15. The van der Waals surface area contributed by atoms with Crippen molar-refractivity contribution >= 4 is 39.1 Å². The molecule has 3 aromatic rings. The van der Waals surface area contributed by atoms with E-state index in [-0.39, 0.29) is 23.4 Å². The van der Waals surface area contributed by atoms with Gasteiger partial charge in [-0.05, 0) is 61.0 Å². The number of amides is 1. The van der Waals surface area contributed by atoms with Crippen LogP contribution in [0.3, 0.4) is 0 Å². The van der Waals surface area contributed by atoms with E-state index < -0.39 is 10.0 Å². The first kappa shape index (κ1) is 21.4. The highest BCUT2D eigenvalue weighted by molar-refractivity contribution is 7.89. The first-order valence-electron chi connectivity index (χ1n) is 8.64. The number of carbonyl (C=O) groups excluding carboxylic acids is 1. The van der Waals surface area contributed by atoms with E-state index in [9.17, 15) is 13.2 Å². The van der Waals surface area contributed by atoms with Gasteiger partial charge >= 0.3 is 0 Å². The molecule has 152 valence electrons. The number of benzene rings is 2. The first-order valence-corrected chi connectivity index (χ1v) is 10.9. The third kappa shape index (κ3) is 5.39. The number of sulfonamides is 1. The second kappa shape index (κ2) is 9.00. The highest BCUT2D eigenvalue weighted by Crippen LogP contribution is 2.25. The van der Waals surface area contributed by atoms with Crippen molar-refractivity contribution in [1.29, 1.82) is 0 Å². The van der Waals surface area contributed by atoms with Gasteiger partial charge in [0.15, 0.2) is 0 Å². The fourth-order valence-electron chi connectivity index (χ4n) is 2.59. The summed E-state index contributed by atoms with van der Waals surface area (Å²) in [4.78, 5) is 12.5. The minimum Gasteiger partial charge on any atom is -0.468 e. The Bertz CT molecular complexity index is 1100. The summed E-state index contributed by atoms with van der Waals surface area (Å²) in [7, 11) is -3.72. The summed E-state index contributed by atoms with van der Waals surface area (Å²) >= 11 is 11.9. The third-order valence-corrected chi connectivity index (χ3v) is 6.39. The molecule has 0 aliphatic rings. The maximum absolute atomic E-state index is 12.5. The smallest absolute Gasteiger partial charge is 0.251 e. The Morgan fingerprint density at radius 1 is 1.07 bits per heavy atom. The molecule has 0 fully saturated rings. The van der Waals surface area contributed by atoms with Gasteiger partial charge in [0.1, 0.15) is 5.76 Å². The van der Waals surface area contributed by atoms with E-state index in [1.54, 1.807) is 30.3 Å². The van der Waals surface area contributed by atoms with Crippen LogP contribution in [-0.4, -0.2) is 14.3 Å². The SMILES string of the molecule is CC(NC(=O)c1ccc(S(=O)(=O)NCc2ccco2)cc1)c1ccc(Cl)c(Cl)c1. The van der Waals surface area contributed by atoms with Crippen molar-refractivity contribution in [1.82, 2.24) is 10.0 Å². The molecule has 0 radical (unpaired) electrons. The van der Waals surface area contributed by atoms with Gasteiger partial charge in [0.2, 0.25) is 10.0 Å². The van der Waals surface area contributed by atoms with Gasteiger partial charge < -0.3 is 9.73 Å². The van der Waals surface area contributed by atoms with Crippen molar-refractivity contribution in [2.24, 2.45) is 0 Å². The van der Waals surface area contributed by atoms with Crippen LogP contribution in [0, 0.1) is 0 Å². The van der Waals surface area contributed by atoms with Gasteiger partial charge in [-0.3, -0.25) is 4.79 Å². The van der Waals surface area contributed by atoms with E-state index in [1.807, 2.05) is 6.92 Å². The number of hydrogen-bond donors (Lipinski definition) is 2. The predicted molar refractivity (Wildman–Crippen MR) is 112 cm³/mol. The van der Waals surface area contributed by atoms with E-state index >= 15 is 0 Å². The topological polar surface area (TPSA) is 88.4 Å². The predicted octanol–water partition coefficient (Wildman–Crippen LogP) is 4.56.